The third-order valence-electron chi connectivity index (χ3n) is 10.3. The summed E-state index contributed by atoms with van der Waals surface area (Å²) in [5.41, 5.74) is 9.53. The van der Waals surface area contributed by atoms with Crippen LogP contribution in [0.1, 0.15) is 23.5 Å². The van der Waals surface area contributed by atoms with Gasteiger partial charge in [-0.15, -0.1) is 0 Å². The van der Waals surface area contributed by atoms with Crippen LogP contribution < -0.4 is 19.6 Å². The highest BCUT2D eigenvalue weighted by molar-refractivity contribution is 5.92. The molecule has 2 aromatic heterocycles. The lowest BCUT2D eigenvalue weighted by Crippen LogP contribution is -2.59. The van der Waals surface area contributed by atoms with Gasteiger partial charge in [0.2, 0.25) is 0 Å². The zero-order chi connectivity index (χ0) is 30.9. The van der Waals surface area contributed by atoms with Gasteiger partial charge < -0.3 is 19.6 Å². The Morgan fingerprint density at radius 3 is 1.77 bits per heavy atom. The zero-order valence-corrected chi connectivity index (χ0v) is 25.7. The van der Waals surface area contributed by atoms with Gasteiger partial charge in [0.1, 0.15) is 12.3 Å². The third-order valence-corrected chi connectivity index (χ3v) is 10.3. The van der Waals surface area contributed by atoms with Crippen LogP contribution in [0.2, 0.25) is 0 Å². The van der Waals surface area contributed by atoms with E-state index in [0.29, 0.717) is 0 Å². The lowest BCUT2D eigenvalue weighted by atomic mass is 9.74. The Morgan fingerprint density at radius 1 is 0.468 bits per heavy atom. The largest absolute Gasteiger partial charge is 0.316 e. The molecule has 226 valence electrons. The van der Waals surface area contributed by atoms with E-state index in [1.807, 2.05) is 12.4 Å². The minimum absolute atomic E-state index is 0.0612. The second kappa shape index (κ2) is 10.3. The Bertz CT molecular complexity index is 2150. The van der Waals surface area contributed by atoms with E-state index in [9.17, 15) is 0 Å². The molecule has 4 unspecified atom stereocenters. The first-order valence-electron chi connectivity index (χ1n) is 16.4. The Kier molecular flexibility index (Phi) is 5.79. The van der Waals surface area contributed by atoms with Crippen molar-refractivity contribution in [3.63, 3.8) is 0 Å². The third kappa shape index (κ3) is 3.78. The van der Waals surface area contributed by atoms with Crippen molar-refractivity contribution in [3.05, 3.63) is 163 Å². The maximum atomic E-state index is 5.13. The van der Waals surface area contributed by atoms with Crippen molar-refractivity contribution in [2.75, 3.05) is 19.6 Å². The van der Waals surface area contributed by atoms with E-state index in [0.717, 1.165) is 46.5 Å². The van der Waals surface area contributed by atoms with Gasteiger partial charge in [-0.25, -0.2) is 9.97 Å². The molecule has 6 heteroatoms. The van der Waals surface area contributed by atoms with Crippen LogP contribution in [0.5, 0.6) is 0 Å². The predicted octanol–water partition coefficient (Wildman–Crippen LogP) is 9.54. The first-order valence-corrected chi connectivity index (χ1v) is 16.4. The fraction of sp³-hybridized carbons (Fsp3) is 0.122. The van der Waals surface area contributed by atoms with Crippen LogP contribution in [-0.2, 0) is 0 Å². The molecule has 4 aliphatic rings. The molecule has 0 radical (unpaired) electrons. The Morgan fingerprint density at radius 2 is 1.02 bits per heavy atom. The highest BCUT2D eigenvalue weighted by Crippen LogP contribution is 2.61. The van der Waals surface area contributed by atoms with E-state index in [2.05, 4.69) is 165 Å². The molecule has 47 heavy (non-hydrogen) atoms. The first kappa shape index (κ1) is 26.3. The number of hydrogen-bond acceptors (Lipinski definition) is 6. The highest BCUT2D eigenvalue weighted by atomic mass is 15.5. The van der Waals surface area contributed by atoms with Crippen LogP contribution in [0.3, 0.4) is 0 Å². The van der Waals surface area contributed by atoms with Gasteiger partial charge in [0.15, 0.2) is 11.6 Å². The van der Waals surface area contributed by atoms with E-state index in [4.69, 9.17) is 9.97 Å². The van der Waals surface area contributed by atoms with Crippen LogP contribution in [0.15, 0.2) is 152 Å². The number of para-hydroxylation sites is 4. The number of benzene rings is 4. The number of aromatic nitrogens is 2. The molecular formula is C41H32N6. The van der Waals surface area contributed by atoms with Crippen LogP contribution in [-0.4, -0.2) is 22.3 Å². The Balaban J connectivity index is 1.31. The predicted molar refractivity (Wildman–Crippen MR) is 190 cm³/mol. The van der Waals surface area contributed by atoms with Crippen molar-refractivity contribution in [2.24, 2.45) is 5.92 Å². The number of hydrogen-bond donors (Lipinski definition) is 0. The number of nitrogens with zero attached hydrogens (tertiary/aromatic N) is 6. The van der Waals surface area contributed by atoms with Gasteiger partial charge in [-0.3, -0.25) is 0 Å². The molecule has 6 aromatic rings. The lowest BCUT2D eigenvalue weighted by molar-refractivity contribution is 0.290. The Labute approximate surface area is 274 Å². The average Bonchev–Trinajstić information content (AvgIpc) is 3.67. The molecule has 0 amide bonds. The molecule has 0 fully saturated rings. The molecule has 0 N–H and O–H groups in total. The minimum Gasteiger partial charge on any atom is -0.316 e. The monoisotopic (exact) mass is 608 g/mol. The molecule has 6 nitrogen and oxygen atoms in total. The minimum atomic E-state index is -0.102. The summed E-state index contributed by atoms with van der Waals surface area (Å²) in [6.07, 6.45) is 9.31. The van der Waals surface area contributed by atoms with Gasteiger partial charge in [-0.1, -0.05) is 84.9 Å². The lowest BCUT2D eigenvalue weighted by Gasteiger charge is -2.51. The van der Waals surface area contributed by atoms with Crippen LogP contribution in [0, 0.1) is 5.92 Å². The fourth-order valence-electron chi connectivity index (χ4n) is 8.52. The molecule has 0 bridgehead atoms. The number of pyridine rings is 2. The normalized spacial score (nSPS) is 22.4. The van der Waals surface area contributed by atoms with Crippen LogP contribution >= 0.6 is 0 Å². The summed E-state index contributed by atoms with van der Waals surface area (Å²) in [7, 11) is 0. The van der Waals surface area contributed by atoms with Gasteiger partial charge in [0.25, 0.3) is 0 Å². The van der Waals surface area contributed by atoms with E-state index in [1.54, 1.807) is 0 Å². The number of rotatable bonds is 2. The molecule has 0 aliphatic carbocycles. The van der Waals surface area contributed by atoms with Gasteiger partial charge in [0, 0.05) is 35.4 Å². The second-order valence-electron chi connectivity index (χ2n) is 12.6. The maximum absolute atomic E-state index is 5.13. The van der Waals surface area contributed by atoms with Gasteiger partial charge in [-0.2, -0.15) is 0 Å². The van der Waals surface area contributed by atoms with Crippen molar-refractivity contribution in [1.82, 2.24) is 9.97 Å². The quantitative estimate of drug-likeness (QED) is 0.195. The molecule has 10 rings (SSSR count). The summed E-state index contributed by atoms with van der Waals surface area (Å²) in [5.74, 6) is 2.24. The number of anilines is 8. The van der Waals surface area contributed by atoms with Gasteiger partial charge in [0.05, 0.1) is 17.1 Å². The fourth-order valence-corrected chi connectivity index (χ4v) is 8.52. The molecular weight excluding hydrogens is 576 g/mol. The van der Waals surface area contributed by atoms with E-state index in [1.165, 1.54) is 16.8 Å². The summed E-state index contributed by atoms with van der Waals surface area (Å²) in [5, 5.41) is 0. The van der Waals surface area contributed by atoms with Crippen molar-refractivity contribution in [3.8, 4) is 0 Å². The SMILES string of the molecule is C1=C/c2ccccc2N2c3ncccc3N(c3ccccc3)C2C2C(C/1)c1ccccc1N1c3cccnc3N(c3ccccc3)C21. The van der Waals surface area contributed by atoms with Crippen LogP contribution in [0.4, 0.5) is 45.8 Å². The van der Waals surface area contributed by atoms with Crippen molar-refractivity contribution < 1.29 is 0 Å². The highest BCUT2D eigenvalue weighted by Gasteiger charge is 2.57. The van der Waals surface area contributed by atoms with Crippen molar-refractivity contribution >= 4 is 51.8 Å². The van der Waals surface area contributed by atoms with Gasteiger partial charge in [-0.05, 0) is 84.1 Å². The number of fused-ring (bicyclic) bond motifs is 14. The summed E-state index contributed by atoms with van der Waals surface area (Å²) >= 11 is 0. The number of allylic oxidation sites excluding steroid dienone is 1. The summed E-state index contributed by atoms with van der Waals surface area (Å²) in [6.45, 7) is 0. The second-order valence-corrected chi connectivity index (χ2v) is 12.6. The van der Waals surface area contributed by atoms with E-state index >= 15 is 0 Å². The first-order chi connectivity index (χ1) is 23.4. The average molecular weight is 609 g/mol. The molecule has 0 spiro atoms. The molecule has 4 aliphatic heterocycles. The molecule has 0 saturated heterocycles. The summed E-state index contributed by atoms with van der Waals surface area (Å²) in [6, 6.07) is 48.1. The standard InChI is InChI=1S/C41H32N6/c1-3-16-29(17-4-1)44-35-24-12-27-43-39(35)47-33-22-9-7-14-28(33)15-11-21-32-31-20-8-10-23-34(31)46-36-25-13-26-42-38(36)45(30-18-5-2-6-19-30)41(46)37(32)40(44)47/h1-20,22-27,32,37,40-41H,21H2/b15-11+. The maximum Gasteiger partial charge on any atom is 0.158 e. The summed E-state index contributed by atoms with van der Waals surface area (Å²) in [4.78, 5) is 20.3. The van der Waals surface area contributed by atoms with Crippen LogP contribution in [0.25, 0.3) is 6.08 Å². The Hall–Kier alpha value is -5.88. The zero-order valence-electron chi connectivity index (χ0n) is 25.7. The smallest absolute Gasteiger partial charge is 0.158 e. The van der Waals surface area contributed by atoms with E-state index < -0.39 is 0 Å². The van der Waals surface area contributed by atoms with Crippen molar-refractivity contribution in [1.29, 1.82) is 0 Å². The van der Waals surface area contributed by atoms with Gasteiger partial charge >= 0.3 is 0 Å². The summed E-state index contributed by atoms with van der Waals surface area (Å²) < 4.78 is 0. The molecule has 6 heterocycles. The van der Waals surface area contributed by atoms with E-state index in [-0.39, 0.29) is 24.2 Å². The van der Waals surface area contributed by atoms with Crippen molar-refractivity contribution in [2.45, 2.75) is 24.7 Å². The molecule has 4 aromatic carbocycles. The topological polar surface area (TPSA) is 38.7 Å². The molecule has 4 atom stereocenters. The molecule has 0 saturated carbocycles.